The molecule has 0 aliphatic rings. The molecule has 0 radical (unpaired) electrons. The van der Waals surface area contributed by atoms with E-state index < -0.39 is 5.63 Å². The van der Waals surface area contributed by atoms with E-state index in [1.54, 1.807) is 24.3 Å². The summed E-state index contributed by atoms with van der Waals surface area (Å²) in [5.74, 6) is 0.452. The topological polar surface area (TPSA) is 39.4 Å². The van der Waals surface area contributed by atoms with Gasteiger partial charge in [0, 0.05) is 5.02 Å². The van der Waals surface area contributed by atoms with Gasteiger partial charge in [-0.15, -0.1) is 0 Å². The Morgan fingerprint density at radius 1 is 1.44 bits per heavy atom. The zero-order chi connectivity index (χ0) is 11.5. The van der Waals surface area contributed by atoms with Crippen molar-refractivity contribution in [3.63, 3.8) is 0 Å². The number of hydrogen-bond acceptors (Lipinski definition) is 3. The maximum Gasteiger partial charge on any atom is 0.339 e. The molecule has 16 heavy (non-hydrogen) atoms. The van der Waals surface area contributed by atoms with E-state index in [1.807, 2.05) is 0 Å². The lowest BCUT2D eigenvalue weighted by Gasteiger charge is -2.06. The summed E-state index contributed by atoms with van der Waals surface area (Å²) in [6, 6.07) is 6.28. The molecule has 0 bridgehead atoms. The van der Waals surface area contributed by atoms with E-state index >= 15 is 0 Å². The predicted molar refractivity (Wildman–Crippen MR) is 63.2 cm³/mol. The molecule has 1 aromatic carbocycles. The Bertz CT molecular complexity index is 586. The van der Waals surface area contributed by atoms with Crippen LogP contribution in [-0.4, -0.2) is 6.61 Å². The van der Waals surface area contributed by atoms with Crippen molar-refractivity contribution in [3.05, 3.63) is 52.4 Å². The molecule has 4 heteroatoms. The van der Waals surface area contributed by atoms with Gasteiger partial charge in [-0.3, -0.25) is 0 Å². The first-order chi connectivity index (χ1) is 7.70. The fraction of sp³-hybridized carbons (Fsp3) is 0.0833. The molecule has 0 atom stereocenters. The van der Waals surface area contributed by atoms with Crippen LogP contribution < -0.4 is 10.4 Å². The Morgan fingerprint density at radius 3 is 3.00 bits per heavy atom. The highest BCUT2D eigenvalue weighted by molar-refractivity contribution is 6.31. The third-order valence-electron chi connectivity index (χ3n) is 2.02. The van der Waals surface area contributed by atoms with Gasteiger partial charge in [-0.1, -0.05) is 24.3 Å². The number of halogens is 1. The zero-order valence-electron chi connectivity index (χ0n) is 8.40. The number of fused-ring (bicyclic) bond motifs is 1. The molecular weight excluding hydrogens is 228 g/mol. The van der Waals surface area contributed by atoms with Gasteiger partial charge >= 0.3 is 5.63 Å². The number of hydrogen-bond donors (Lipinski definition) is 0. The molecule has 0 aliphatic heterocycles. The van der Waals surface area contributed by atoms with Crippen molar-refractivity contribution >= 4 is 22.6 Å². The smallest absolute Gasteiger partial charge is 0.339 e. The molecule has 1 heterocycles. The third-order valence-corrected chi connectivity index (χ3v) is 2.26. The van der Waals surface area contributed by atoms with Crippen molar-refractivity contribution in [2.75, 3.05) is 6.61 Å². The Labute approximate surface area is 96.9 Å². The minimum atomic E-state index is -0.450. The summed E-state index contributed by atoms with van der Waals surface area (Å²) >= 11 is 5.87. The lowest BCUT2D eigenvalue weighted by molar-refractivity contribution is 0.363. The van der Waals surface area contributed by atoms with Crippen LogP contribution in [-0.2, 0) is 0 Å². The summed E-state index contributed by atoms with van der Waals surface area (Å²) < 4.78 is 10.4. The summed E-state index contributed by atoms with van der Waals surface area (Å²) in [5.41, 5.74) is 0.00449. The summed E-state index contributed by atoms with van der Waals surface area (Å²) in [5, 5.41) is 1.23. The summed E-state index contributed by atoms with van der Waals surface area (Å²) in [6.45, 7) is 3.87. The van der Waals surface area contributed by atoms with E-state index in [2.05, 4.69) is 6.58 Å². The average molecular weight is 237 g/mol. The van der Waals surface area contributed by atoms with Gasteiger partial charge in [0.25, 0.3) is 0 Å². The lowest BCUT2D eigenvalue weighted by atomic mass is 10.2. The number of ether oxygens (including phenoxy) is 1. The molecule has 1 aromatic heterocycles. The maximum atomic E-state index is 11.2. The summed E-state index contributed by atoms with van der Waals surface area (Å²) in [6.07, 6.45) is 1.60. The van der Waals surface area contributed by atoms with Gasteiger partial charge in [0.05, 0.1) is 11.5 Å². The van der Waals surface area contributed by atoms with E-state index in [0.717, 1.165) is 0 Å². The normalized spacial score (nSPS) is 10.3. The molecular formula is C12H9ClO3. The van der Waals surface area contributed by atoms with Crippen molar-refractivity contribution in [2.24, 2.45) is 0 Å². The molecule has 0 N–H and O–H groups in total. The highest BCUT2D eigenvalue weighted by Gasteiger charge is 2.06. The molecule has 82 valence electrons. The molecule has 2 aromatic rings. The Hall–Kier alpha value is -1.74. The van der Waals surface area contributed by atoms with Crippen LogP contribution in [0.15, 0.2) is 46.1 Å². The average Bonchev–Trinajstić information content (AvgIpc) is 2.26. The van der Waals surface area contributed by atoms with Gasteiger partial charge in [-0.25, -0.2) is 4.79 Å². The van der Waals surface area contributed by atoms with Crippen molar-refractivity contribution < 1.29 is 9.15 Å². The standard InChI is InChI=1S/C12H9ClO3/c1-2-5-15-11-7-12(14)16-10-4-3-8(13)6-9(10)11/h2-4,6-7H,1,5H2. The van der Waals surface area contributed by atoms with Crippen molar-refractivity contribution in [2.45, 2.75) is 0 Å². The highest BCUT2D eigenvalue weighted by atomic mass is 35.5. The zero-order valence-corrected chi connectivity index (χ0v) is 9.16. The van der Waals surface area contributed by atoms with Gasteiger partial charge in [-0.2, -0.15) is 0 Å². The molecule has 2 rings (SSSR count). The lowest BCUT2D eigenvalue weighted by Crippen LogP contribution is -2.01. The third kappa shape index (κ3) is 2.09. The van der Waals surface area contributed by atoms with Gasteiger partial charge in [0.1, 0.15) is 17.9 Å². The van der Waals surface area contributed by atoms with Crippen LogP contribution in [0, 0.1) is 0 Å². The van der Waals surface area contributed by atoms with E-state index in [9.17, 15) is 4.79 Å². The number of rotatable bonds is 3. The van der Waals surface area contributed by atoms with Crippen LogP contribution in [0.3, 0.4) is 0 Å². The highest BCUT2D eigenvalue weighted by Crippen LogP contribution is 2.26. The molecule has 0 saturated heterocycles. The Morgan fingerprint density at radius 2 is 2.25 bits per heavy atom. The minimum absolute atomic E-state index is 0.324. The quantitative estimate of drug-likeness (QED) is 0.608. The van der Waals surface area contributed by atoms with E-state index in [0.29, 0.717) is 28.3 Å². The Kier molecular flexibility index (Phi) is 2.97. The predicted octanol–water partition coefficient (Wildman–Crippen LogP) is 3.01. The van der Waals surface area contributed by atoms with Gasteiger partial charge in [0.15, 0.2) is 0 Å². The second-order valence-corrected chi connectivity index (χ2v) is 3.61. The van der Waals surface area contributed by atoms with Crippen molar-refractivity contribution in [1.82, 2.24) is 0 Å². The molecule has 0 unspecified atom stereocenters. The molecule has 0 spiro atoms. The van der Waals surface area contributed by atoms with Crippen LogP contribution in [0.2, 0.25) is 5.02 Å². The van der Waals surface area contributed by atoms with Crippen molar-refractivity contribution in [1.29, 1.82) is 0 Å². The molecule has 3 nitrogen and oxygen atoms in total. The van der Waals surface area contributed by atoms with Crippen LogP contribution in [0.25, 0.3) is 11.0 Å². The molecule has 0 aliphatic carbocycles. The summed E-state index contributed by atoms with van der Waals surface area (Å²) in [4.78, 5) is 11.2. The second-order valence-electron chi connectivity index (χ2n) is 3.17. The van der Waals surface area contributed by atoms with E-state index in [4.69, 9.17) is 20.8 Å². The maximum absolute atomic E-state index is 11.2. The Balaban J connectivity index is 2.64. The van der Waals surface area contributed by atoms with E-state index in [1.165, 1.54) is 6.07 Å². The minimum Gasteiger partial charge on any atom is -0.489 e. The second kappa shape index (κ2) is 4.41. The molecule has 0 saturated carbocycles. The first kappa shape index (κ1) is 10.8. The van der Waals surface area contributed by atoms with E-state index in [-0.39, 0.29) is 0 Å². The first-order valence-corrected chi connectivity index (χ1v) is 5.05. The summed E-state index contributed by atoms with van der Waals surface area (Å²) in [7, 11) is 0. The van der Waals surface area contributed by atoms with Crippen LogP contribution in [0.4, 0.5) is 0 Å². The fourth-order valence-corrected chi connectivity index (χ4v) is 1.55. The van der Waals surface area contributed by atoms with Gasteiger partial charge in [-0.05, 0) is 18.2 Å². The van der Waals surface area contributed by atoms with Gasteiger partial charge < -0.3 is 9.15 Å². The van der Waals surface area contributed by atoms with Crippen LogP contribution >= 0.6 is 11.6 Å². The largest absolute Gasteiger partial charge is 0.489 e. The SMILES string of the molecule is C=CCOc1cc(=O)oc2ccc(Cl)cc12. The number of benzene rings is 1. The molecule has 0 fully saturated rings. The van der Waals surface area contributed by atoms with Crippen LogP contribution in [0.5, 0.6) is 5.75 Å². The fourth-order valence-electron chi connectivity index (χ4n) is 1.37. The van der Waals surface area contributed by atoms with Gasteiger partial charge in [0.2, 0.25) is 0 Å². The monoisotopic (exact) mass is 236 g/mol. The first-order valence-electron chi connectivity index (χ1n) is 4.68. The van der Waals surface area contributed by atoms with Crippen molar-refractivity contribution in [3.8, 4) is 5.75 Å². The van der Waals surface area contributed by atoms with Crippen LogP contribution in [0.1, 0.15) is 0 Å². The molecule has 0 amide bonds.